The molecular weight excluding hydrogens is 429 g/mol. The summed E-state index contributed by atoms with van der Waals surface area (Å²) in [6.45, 7) is 2.30. The van der Waals surface area contributed by atoms with Gasteiger partial charge < -0.3 is 15.4 Å². The normalized spacial score (nSPS) is 16.7. The van der Waals surface area contributed by atoms with Crippen LogP contribution in [0, 0.1) is 0 Å². The van der Waals surface area contributed by atoms with Crippen molar-refractivity contribution in [3.8, 4) is 0 Å². The smallest absolute Gasteiger partial charge is 0.378 e. The SMILES string of the molecule is CC1(NC(=O)OF)CC1.COCc1cc2c(Nc3ncc(C4CCCC4)cn3)nccn2n1. The van der Waals surface area contributed by atoms with Crippen molar-refractivity contribution < 1.29 is 19.0 Å². The van der Waals surface area contributed by atoms with Gasteiger partial charge in [0.25, 0.3) is 0 Å². The first-order chi connectivity index (χ1) is 16.0. The summed E-state index contributed by atoms with van der Waals surface area (Å²) in [5.74, 6) is 1.85. The first-order valence-electron chi connectivity index (χ1n) is 11.0. The number of halogens is 1. The number of ether oxygens (including phenoxy) is 1. The molecule has 176 valence electrons. The number of hydrogen-bond donors (Lipinski definition) is 2. The third kappa shape index (κ3) is 5.92. The van der Waals surface area contributed by atoms with E-state index in [1.807, 2.05) is 31.6 Å². The van der Waals surface area contributed by atoms with E-state index in [1.165, 1.54) is 31.2 Å². The standard InChI is InChI=1S/C17H20N6O.C5H8FNO2/c1-24-11-14-8-15-16(18-6-7-23(15)22-14)21-17-19-9-13(10-20-17)12-4-2-3-5-12;1-5(2-3-5)7-4(8)9-6/h6-10,12H,2-5,11H2,1H3,(H,18,19,20,21);2-3H2,1H3,(H,7,8). The number of methoxy groups -OCH3 is 1. The molecule has 0 spiro atoms. The van der Waals surface area contributed by atoms with Crippen LogP contribution in [0.5, 0.6) is 0 Å². The van der Waals surface area contributed by atoms with Gasteiger partial charge in [-0.15, -0.1) is 0 Å². The summed E-state index contributed by atoms with van der Waals surface area (Å²) in [4.78, 5) is 26.4. The monoisotopic (exact) mass is 457 g/mol. The molecule has 3 heterocycles. The Labute approximate surface area is 190 Å². The topological polar surface area (TPSA) is 116 Å². The third-order valence-electron chi connectivity index (χ3n) is 5.94. The van der Waals surface area contributed by atoms with Crippen molar-refractivity contribution in [3.63, 3.8) is 0 Å². The van der Waals surface area contributed by atoms with E-state index < -0.39 is 6.09 Å². The second-order valence-electron chi connectivity index (χ2n) is 8.67. The average molecular weight is 458 g/mol. The first-order valence-corrected chi connectivity index (χ1v) is 11.0. The molecule has 2 N–H and O–H groups in total. The predicted molar refractivity (Wildman–Crippen MR) is 119 cm³/mol. The number of fused-ring (bicyclic) bond motifs is 1. The number of carbonyl (C=O) groups is 1. The summed E-state index contributed by atoms with van der Waals surface area (Å²) in [7, 11) is 1.65. The third-order valence-corrected chi connectivity index (χ3v) is 5.94. The van der Waals surface area contributed by atoms with E-state index in [2.05, 4.69) is 35.6 Å². The van der Waals surface area contributed by atoms with E-state index >= 15 is 0 Å². The molecule has 0 aliphatic heterocycles. The number of carbonyl (C=O) groups excluding carboxylic acids is 1. The largest absolute Gasteiger partial charge is 0.445 e. The zero-order chi connectivity index (χ0) is 23.3. The minimum atomic E-state index is -0.991. The Balaban J connectivity index is 0.000000243. The zero-order valence-electron chi connectivity index (χ0n) is 18.8. The van der Waals surface area contributed by atoms with Crippen LogP contribution in [0.4, 0.5) is 21.1 Å². The van der Waals surface area contributed by atoms with Crippen LogP contribution >= 0.6 is 0 Å². The van der Waals surface area contributed by atoms with Crippen LogP contribution in [0.3, 0.4) is 0 Å². The summed E-state index contributed by atoms with van der Waals surface area (Å²) < 4.78 is 17.9. The Hall–Kier alpha value is -3.34. The van der Waals surface area contributed by atoms with E-state index in [4.69, 9.17) is 4.74 Å². The van der Waals surface area contributed by atoms with E-state index in [-0.39, 0.29) is 5.54 Å². The Morgan fingerprint density at radius 2 is 1.97 bits per heavy atom. The van der Waals surface area contributed by atoms with Crippen molar-refractivity contribution in [3.05, 3.63) is 42.1 Å². The second kappa shape index (κ2) is 10.1. The lowest BCUT2D eigenvalue weighted by molar-refractivity contribution is -0.0637. The summed E-state index contributed by atoms with van der Waals surface area (Å²) in [5, 5.41) is 9.97. The number of nitrogens with one attached hydrogen (secondary N) is 2. The molecule has 0 unspecified atom stereocenters. The van der Waals surface area contributed by atoms with Crippen LogP contribution < -0.4 is 10.6 Å². The van der Waals surface area contributed by atoms with Crippen molar-refractivity contribution >= 4 is 23.4 Å². The maximum atomic E-state index is 11.0. The van der Waals surface area contributed by atoms with Gasteiger partial charge in [0.1, 0.15) is 5.52 Å². The molecule has 11 heteroatoms. The van der Waals surface area contributed by atoms with Gasteiger partial charge in [-0.25, -0.2) is 29.2 Å². The Kier molecular flexibility index (Phi) is 6.97. The molecule has 0 saturated heterocycles. The number of aromatic nitrogens is 5. The van der Waals surface area contributed by atoms with Crippen molar-refractivity contribution in [1.29, 1.82) is 0 Å². The predicted octanol–water partition coefficient (Wildman–Crippen LogP) is 4.22. The number of anilines is 2. The maximum absolute atomic E-state index is 11.0. The van der Waals surface area contributed by atoms with Crippen LogP contribution in [0.25, 0.3) is 5.52 Å². The minimum absolute atomic E-state index is 0.191. The van der Waals surface area contributed by atoms with E-state index in [1.54, 1.807) is 17.8 Å². The van der Waals surface area contributed by atoms with Crippen LogP contribution in [0.1, 0.15) is 62.6 Å². The highest BCUT2D eigenvalue weighted by Gasteiger charge is 2.39. The van der Waals surface area contributed by atoms with Crippen LogP contribution in [0.2, 0.25) is 0 Å². The van der Waals surface area contributed by atoms with Gasteiger partial charge in [-0.05, 0) is 50.2 Å². The fourth-order valence-corrected chi connectivity index (χ4v) is 3.84. The highest BCUT2D eigenvalue weighted by Crippen LogP contribution is 2.34. The molecule has 1 amide bonds. The second-order valence-corrected chi connectivity index (χ2v) is 8.67. The maximum Gasteiger partial charge on any atom is 0.445 e. The van der Waals surface area contributed by atoms with Gasteiger partial charge in [0.15, 0.2) is 5.82 Å². The van der Waals surface area contributed by atoms with Gasteiger partial charge in [-0.3, -0.25) is 0 Å². The van der Waals surface area contributed by atoms with Crippen molar-refractivity contribution in [2.24, 2.45) is 0 Å². The van der Waals surface area contributed by atoms with Crippen LogP contribution in [-0.2, 0) is 16.3 Å². The van der Waals surface area contributed by atoms with E-state index in [9.17, 15) is 9.32 Å². The molecule has 2 fully saturated rings. The average Bonchev–Trinajstić information content (AvgIpc) is 3.21. The van der Waals surface area contributed by atoms with Gasteiger partial charge in [0.05, 0.1) is 12.3 Å². The highest BCUT2D eigenvalue weighted by molar-refractivity contribution is 5.71. The number of nitrogens with zero attached hydrogens (tertiary/aromatic N) is 5. The van der Waals surface area contributed by atoms with E-state index in [0.717, 1.165) is 24.1 Å². The summed E-state index contributed by atoms with van der Waals surface area (Å²) in [5.41, 5.74) is 2.76. The molecule has 0 bridgehead atoms. The molecule has 0 aromatic carbocycles. The molecule has 2 saturated carbocycles. The zero-order valence-corrected chi connectivity index (χ0v) is 18.8. The molecule has 0 radical (unpaired) electrons. The molecule has 33 heavy (non-hydrogen) atoms. The van der Waals surface area contributed by atoms with Gasteiger partial charge in [0, 0.05) is 42.0 Å². The van der Waals surface area contributed by atoms with Gasteiger partial charge in [-0.2, -0.15) is 5.10 Å². The number of hydrogen-bond acceptors (Lipinski definition) is 8. The Morgan fingerprint density at radius 3 is 2.61 bits per heavy atom. The quantitative estimate of drug-likeness (QED) is 0.565. The number of amides is 1. The summed E-state index contributed by atoms with van der Waals surface area (Å²) in [6.07, 6.45) is 13.3. The summed E-state index contributed by atoms with van der Waals surface area (Å²) >= 11 is 0. The van der Waals surface area contributed by atoms with Crippen LogP contribution in [0.15, 0.2) is 30.9 Å². The van der Waals surface area contributed by atoms with Gasteiger partial charge in [0.2, 0.25) is 5.95 Å². The van der Waals surface area contributed by atoms with Gasteiger partial charge in [-0.1, -0.05) is 12.8 Å². The molecule has 2 aliphatic carbocycles. The van der Waals surface area contributed by atoms with Gasteiger partial charge >= 0.3 is 6.09 Å². The Bertz CT molecular complexity index is 1080. The lowest BCUT2D eigenvalue weighted by Crippen LogP contribution is -2.33. The highest BCUT2D eigenvalue weighted by atomic mass is 19.3. The lowest BCUT2D eigenvalue weighted by atomic mass is 10.0. The van der Waals surface area contributed by atoms with Crippen molar-refractivity contribution in [2.45, 2.75) is 63.5 Å². The molecule has 2 aliphatic rings. The van der Waals surface area contributed by atoms with Crippen molar-refractivity contribution in [2.75, 3.05) is 12.4 Å². The fourth-order valence-electron chi connectivity index (χ4n) is 3.84. The van der Waals surface area contributed by atoms with Crippen LogP contribution in [-0.4, -0.2) is 43.3 Å². The lowest BCUT2D eigenvalue weighted by Gasteiger charge is -2.09. The van der Waals surface area contributed by atoms with Crippen molar-refractivity contribution in [1.82, 2.24) is 29.9 Å². The minimum Gasteiger partial charge on any atom is -0.378 e. The first kappa shape index (κ1) is 22.8. The number of rotatable bonds is 6. The summed E-state index contributed by atoms with van der Waals surface area (Å²) in [6, 6.07) is 1.95. The molecule has 5 rings (SSSR count). The van der Waals surface area contributed by atoms with E-state index in [0.29, 0.717) is 24.3 Å². The molecule has 0 atom stereocenters. The molecule has 10 nitrogen and oxygen atoms in total. The molecular formula is C22H28FN7O3. The molecule has 3 aromatic heterocycles. The Morgan fingerprint density at radius 1 is 1.24 bits per heavy atom. The molecule has 3 aromatic rings. The fraction of sp³-hybridized carbons (Fsp3) is 0.500.